The van der Waals surface area contributed by atoms with Gasteiger partial charge >= 0.3 is 0 Å². The first-order valence-electron chi connectivity index (χ1n) is 9.21. The van der Waals surface area contributed by atoms with Gasteiger partial charge < -0.3 is 9.73 Å². The quantitative estimate of drug-likeness (QED) is 0.479. The topological polar surface area (TPSA) is 97.1 Å². The molecule has 2 amide bonds. The molecular weight excluding hydrogens is 400 g/mol. The van der Waals surface area contributed by atoms with E-state index >= 15 is 0 Å². The Morgan fingerprint density at radius 3 is 2.57 bits per heavy atom. The fourth-order valence-corrected chi connectivity index (χ4v) is 3.57. The van der Waals surface area contributed by atoms with Crippen molar-refractivity contribution >= 4 is 34.0 Å². The number of aryl methyl sites for hydroxylation is 1. The predicted molar refractivity (Wildman–Crippen MR) is 115 cm³/mol. The molecule has 2 aromatic heterocycles. The van der Waals surface area contributed by atoms with Crippen LogP contribution in [0.1, 0.15) is 37.0 Å². The van der Waals surface area contributed by atoms with Gasteiger partial charge in [-0.15, -0.1) is 10.2 Å². The van der Waals surface area contributed by atoms with Crippen molar-refractivity contribution < 1.29 is 14.0 Å². The van der Waals surface area contributed by atoms with Crippen LogP contribution in [0.15, 0.2) is 71.3 Å². The molecule has 0 fully saturated rings. The van der Waals surface area contributed by atoms with E-state index in [0.29, 0.717) is 22.8 Å². The zero-order valence-electron chi connectivity index (χ0n) is 16.1. The molecule has 4 rings (SSSR count). The second-order valence-corrected chi connectivity index (χ2v) is 7.64. The van der Waals surface area contributed by atoms with E-state index in [-0.39, 0.29) is 17.6 Å². The molecule has 0 radical (unpaired) electrons. The van der Waals surface area contributed by atoms with E-state index in [9.17, 15) is 9.59 Å². The monoisotopic (exact) mass is 418 g/mol. The smallest absolute Gasteiger partial charge is 0.291 e. The first-order valence-corrected chi connectivity index (χ1v) is 10.0. The zero-order valence-corrected chi connectivity index (χ0v) is 16.9. The van der Waals surface area contributed by atoms with Crippen LogP contribution in [-0.2, 0) is 6.42 Å². The lowest BCUT2D eigenvalue weighted by molar-refractivity contribution is 0.0993. The minimum atomic E-state index is -0.379. The number of furan rings is 1. The first kappa shape index (κ1) is 19.5. The van der Waals surface area contributed by atoms with Gasteiger partial charge in [0, 0.05) is 17.7 Å². The summed E-state index contributed by atoms with van der Waals surface area (Å²) in [5, 5.41) is 15.0. The minimum absolute atomic E-state index is 0.198. The average Bonchev–Trinajstić information content (AvgIpc) is 3.43. The van der Waals surface area contributed by atoms with Gasteiger partial charge in [-0.25, -0.2) is 0 Å². The van der Waals surface area contributed by atoms with Gasteiger partial charge in [-0.2, -0.15) is 0 Å². The summed E-state index contributed by atoms with van der Waals surface area (Å²) in [4.78, 5) is 24.9. The number of rotatable bonds is 6. The molecular formula is C22H18N4O3S. The lowest BCUT2D eigenvalue weighted by Gasteiger charge is -2.09. The number of hydrogen-bond acceptors (Lipinski definition) is 6. The zero-order chi connectivity index (χ0) is 20.9. The van der Waals surface area contributed by atoms with Crippen LogP contribution in [0, 0.1) is 6.92 Å². The second kappa shape index (κ2) is 8.71. The molecule has 30 heavy (non-hydrogen) atoms. The number of hydrogen-bond donors (Lipinski definition) is 2. The SMILES string of the molecule is Cc1ccc(C(=O)Nc2nnc(Cc3ccccc3)s2)cc1NC(=O)c1ccco1. The Balaban J connectivity index is 1.44. The molecule has 8 heteroatoms. The van der Waals surface area contributed by atoms with Crippen molar-refractivity contribution in [3.8, 4) is 0 Å². The van der Waals surface area contributed by atoms with Gasteiger partial charge in [-0.1, -0.05) is 47.7 Å². The third-order valence-electron chi connectivity index (χ3n) is 4.38. The fourth-order valence-electron chi connectivity index (χ4n) is 2.80. The van der Waals surface area contributed by atoms with Crippen molar-refractivity contribution in [1.29, 1.82) is 0 Å². The van der Waals surface area contributed by atoms with Gasteiger partial charge in [-0.3, -0.25) is 14.9 Å². The molecule has 0 aliphatic rings. The molecule has 0 saturated heterocycles. The largest absolute Gasteiger partial charge is 0.459 e. The molecule has 0 aliphatic carbocycles. The van der Waals surface area contributed by atoms with E-state index in [2.05, 4.69) is 20.8 Å². The summed E-state index contributed by atoms with van der Waals surface area (Å²) < 4.78 is 5.10. The van der Waals surface area contributed by atoms with Gasteiger partial charge in [0.1, 0.15) is 5.01 Å². The average molecular weight is 418 g/mol. The van der Waals surface area contributed by atoms with Crippen LogP contribution < -0.4 is 10.6 Å². The van der Waals surface area contributed by atoms with Crippen LogP contribution in [0.4, 0.5) is 10.8 Å². The molecule has 0 atom stereocenters. The Hall–Kier alpha value is -3.78. The molecule has 150 valence electrons. The normalized spacial score (nSPS) is 10.6. The molecule has 2 aromatic carbocycles. The highest BCUT2D eigenvalue weighted by Gasteiger charge is 2.15. The van der Waals surface area contributed by atoms with E-state index in [1.807, 2.05) is 37.3 Å². The number of amides is 2. The molecule has 0 spiro atoms. The first-order chi connectivity index (χ1) is 14.6. The summed E-state index contributed by atoms with van der Waals surface area (Å²) in [5.41, 5.74) is 2.88. The Labute approximate surface area is 176 Å². The molecule has 2 heterocycles. The Morgan fingerprint density at radius 1 is 0.967 bits per heavy atom. The molecule has 2 N–H and O–H groups in total. The maximum absolute atomic E-state index is 12.7. The third-order valence-corrected chi connectivity index (χ3v) is 5.22. The highest BCUT2D eigenvalue weighted by Crippen LogP contribution is 2.22. The van der Waals surface area contributed by atoms with E-state index in [1.165, 1.54) is 17.6 Å². The molecule has 0 unspecified atom stereocenters. The standard InChI is InChI=1S/C22H18N4O3S/c1-14-9-10-16(13-17(14)23-21(28)18-8-5-11-29-18)20(27)24-22-26-25-19(30-22)12-15-6-3-2-4-7-15/h2-11,13H,12H2,1H3,(H,23,28)(H,24,26,27). The number of carbonyl (C=O) groups excluding carboxylic acids is 2. The molecule has 0 aliphatic heterocycles. The number of nitrogens with zero attached hydrogens (tertiary/aromatic N) is 2. The summed E-state index contributed by atoms with van der Waals surface area (Å²) in [6.45, 7) is 1.85. The van der Waals surface area contributed by atoms with Crippen molar-refractivity contribution in [2.24, 2.45) is 0 Å². The van der Waals surface area contributed by atoms with Crippen LogP contribution in [-0.4, -0.2) is 22.0 Å². The van der Waals surface area contributed by atoms with Gasteiger partial charge in [0.05, 0.1) is 6.26 Å². The third kappa shape index (κ3) is 4.61. The number of carbonyl (C=O) groups is 2. The summed E-state index contributed by atoms with van der Waals surface area (Å²) in [7, 11) is 0. The lowest BCUT2D eigenvalue weighted by atomic mass is 10.1. The van der Waals surface area contributed by atoms with E-state index in [0.717, 1.165) is 16.1 Å². The molecule has 0 bridgehead atoms. The fraction of sp³-hybridized carbons (Fsp3) is 0.0909. The summed E-state index contributed by atoms with van der Waals surface area (Å²) in [6.07, 6.45) is 2.08. The van der Waals surface area contributed by atoms with Crippen molar-refractivity contribution in [2.45, 2.75) is 13.3 Å². The van der Waals surface area contributed by atoms with Gasteiger partial charge in [-0.05, 0) is 42.3 Å². The highest BCUT2D eigenvalue weighted by molar-refractivity contribution is 7.15. The van der Waals surface area contributed by atoms with Crippen LogP contribution in [0.5, 0.6) is 0 Å². The van der Waals surface area contributed by atoms with Crippen LogP contribution in [0.3, 0.4) is 0 Å². The van der Waals surface area contributed by atoms with Crippen LogP contribution in [0.25, 0.3) is 0 Å². The van der Waals surface area contributed by atoms with Gasteiger partial charge in [0.2, 0.25) is 5.13 Å². The van der Waals surface area contributed by atoms with Crippen molar-refractivity contribution in [2.75, 3.05) is 10.6 Å². The van der Waals surface area contributed by atoms with Gasteiger partial charge in [0.15, 0.2) is 5.76 Å². The van der Waals surface area contributed by atoms with Crippen LogP contribution in [0.2, 0.25) is 0 Å². The van der Waals surface area contributed by atoms with Gasteiger partial charge in [0.25, 0.3) is 11.8 Å². The number of aromatic nitrogens is 2. The Bertz CT molecular complexity index is 1170. The molecule has 0 saturated carbocycles. The summed E-state index contributed by atoms with van der Waals surface area (Å²) in [5.74, 6) is -0.509. The lowest BCUT2D eigenvalue weighted by Crippen LogP contribution is -2.15. The minimum Gasteiger partial charge on any atom is -0.459 e. The number of benzene rings is 2. The maximum Gasteiger partial charge on any atom is 0.291 e. The number of anilines is 2. The predicted octanol–water partition coefficient (Wildman–Crippen LogP) is 4.53. The summed E-state index contributed by atoms with van der Waals surface area (Å²) >= 11 is 1.33. The Morgan fingerprint density at radius 2 is 1.80 bits per heavy atom. The maximum atomic E-state index is 12.7. The van der Waals surface area contributed by atoms with E-state index < -0.39 is 0 Å². The highest BCUT2D eigenvalue weighted by atomic mass is 32.1. The summed E-state index contributed by atoms with van der Waals surface area (Å²) in [6, 6.07) is 18.2. The second-order valence-electron chi connectivity index (χ2n) is 6.58. The molecule has 4 aromatic rings. The van der Waals surface area contributed by atoms with Crippen molar-refractivity contribution in [1.82, 2.24) is 10.2 Å². The Kier molecular flexibility index (Phi) is 5.67. The van der Waals surface area contributed by atoms with E-state index in [4.69, 9.17) is 4.42 Å². The number of nitrogens with one attached hydrogen (secondary N) is 2. The van der Waals surface area contributed by atoms with Crippen LogP contribution >= 0.6 is 11.3 Å². The molecule has 7 nitrogen and oxygen atoms in total. The van der Waals surface area contributed by atoms with Crippen molar-refractivity contribution in [3.05, 3.63) is 94.4 Å². The van der Waals surface area contributed by atoms with E-state index in [1.54, 1.807) is 30.3 Å². The van der Waals surface area contributed by atoms with Crippen molar-refractivity contribution in [3.63, 3.8) is 0 Å².